The van der Waals surface area contributed by atoms with Crippen molar-refractivity contribution in [3.05, 3.63) is 29.9 Å². The molecule has 1 N–H and O–H groups in total. The number of hydrogen-bond donors (Lipinski definition) is 1. The molecule has 0 amide bonds. The molecule has 0 aliphatic rings. The normalized spacial score (nSPS) is 10.5. The second-order valence-electron chi connectivity index (χ2n) is 3.32. The minimum Gasteiger partial charge on any atom is -0.368 e. The van der Waals surface area contributed by atoms with Gasteiger partial charge in [0.15, 0.2) is 0 Å². The van der Waals surface area contributed by atoms with E-state index in [9.17, 15) is 0 Å². The summed E-state index contributed by atoms with van der Waals surface area (Å²) in [5, 5.41) is 5.40. The van der Waals surface area contributed by atoms with Gasteiger partial charge >= 0.3 is 0 Å². The standard InChI is InChI=1S/C11H13N3S/c1-3-4-5-12-11-10-9(13-7-14-11)8(2)6-15-10/h3,6-7H,1,4-5H2,2H3,(H,12,13,14). The second-order valence-corrected chi connectivity index (χ2v) is 4.20. The van der Waals surface area contributed by atoms with Crippen LogP contribution >= 0.6 is 11.3 Å². The van der Waals surface area contributed by atoms with Crippen LogP contribution in [-0.2, 0) is 0 Å². The highest BCUT2D eigenvalue weighted by Crippen LogP contribution is 2.28. The molecule has 0 bridgehead atoms. The van der Waals surface area contributed by atoms with Gasteiger partial charge in [0.05, 0.1) is 10.2 Å². The average molecular weight is 219 g/mol. The first-order valence-electron chi connectivity index (χ1n) is 4.86. The van der Waals surface area contributed by atoms with Crippen molar-refractivity contribution in [1.82, 2.24) is 9.97 Å². The molecule has 0 aliphatic heterocycles. The SMILES string of the molecule is C=CCCNc1ncnc2c(C)csc12. The summed E-state index contributed by atoms with van der Waals surface area (Å²) in [7, 11) is 0. The zero-order valence-electron chi connectivity index (χ0n) is 8.66. The highest BCUT2D eigenvalue weighted by molar-refractivity contribution is 7.18. The number of thiophene rings is 1. The maximum absolute atomic E-state index is 4.27. The van der Waals surface area contributed by atoms with Gasteiger partial charge in [0.25, 0.3) is 0 Å². The van der Waals surface area contributed by atoms with Gasteiger partial charge in [-0.1, -0.05) is 6.08 Å². The van der Waals surface area contributed by atoms with Crippen LogP contribution in [-0.4, -0.2) is 16.5 Å². The number of nitrogens with one attached hydrogen (secondary N) is 1. The van der Waals surface area contributed by atoms with Gasteiger partial charge < -0.3 is 5.32 Å². The summed E-state index contributed by atoms with van der Waals surface area (Å²) in [5.41, 5.74) is 2.26. The molecule has 15 heavy (non-hydrogen) atoms. The third-order valence-electron chi connectivity index (χ3n) is 2.17. The Balaban J connectivity index is 2.30. The maximum Gasteiger partial charge on any atom is 0.147 e. The minimum absolute atomic E-state index is 0.868. The molecule has 0 radical (unpaired) electrons. The van der Waals surface area contributed by atoms with Gasteiger partial charge in [-0.15, -0.1) is 17.9 Å². The second kappa shape index (κ2) is 4.40. The van der Waals surface area contributed by atoms with Crippen LogP contribution in [0.5, 0.6) is 0 Å². The van der Waals surface area contributed by atoms with E-state index < -0.39 is 0 Å². The molecule has 0 saturated carbocycles. The third kappa shape index (κ3) is 1.99. The molecule has 0 unspecified atom stereocenters. The fourth-order valence-corrected chi connectivity index (χ4v) is 2.36. The van der Waals surface area contributed by atoms with Crippen molar-refractivity contribution in [3.8, 4) is 0 Å². The van der Waals surface area contributed by atoms with Crippen molar-refractivity contribution in [3.63, 3.8) is 0 Å². The highest BCUT2D eigenvalue weighted by atomic mass is 32.1. The molecular weight excluding hydrogens is 206 g/mol. The van der Waals surface area contributed by atoms with Crippen LogP contribution in [0.2, 0.25) is 0 Å². The van der Waals surface area contributed by atoms with Crippen molar-refractivity contribution in [2.45, 2.75) is 13.3 Å². The Labute approximate surface area is 92.9 Å². The molecule has 3 nitrogen and oxygen atoms in total. The van der Waals surface area contributed by atoms with Crippen molar-refractivity contribution < 1.29 is 0 Å². The van der Waals surface area contributed by atoms with E-state index in [0.717, 1.165) is 29.0 Å². The number of hydrogen-bond acceptors (Lipinski definition) is 4. The predicted molar refractivity (Wildman–Crippen MR) is 65.5 cm³/mol. The summed E-state index contributed by atoms with van der Waals surface area (Å²) in [4.78, 5) is 8.51. The third-order valence-corrected chi connectivity index (χ3v) is 3.27. The summed E-state index contributed by atoms with van der Waals surface area (Å²) in [6, 6.07) is 0. The number of fused-ring (bicyclic) bond motifs is 1. The fourth-order valence-electron chi connectivity index (χ4n) is 1.39. The lowest BCUT2D eigenvalue weighted by atomic mass is 10.3. The van der Waals surface area contributed by atoms with E-state index in [1.807, 2.05) is 6.08 Å². The largest absolute Gasteiger partial charge is 0.368 e. The summed E-state index contributed by atoms with van der Waals surface area (Å²) in [6.45, 7) is 6.62. The molecular formula is C11H13N3S. The summed E-state index contributed by atoms with van der Waals surface area (Å²) >= 11 is 1.69. The number of anilines is 1. The molecule has 0 atom stereocenters. The molecule has 2 aromatic heterocycles. The van der Waals surface area contributed by atoms with Crippen LogP contribution in [0.1, 0.15) is 12.0 Å². The summed E-state index contributed by atoms with van der Waals surface area (Å²) in [6.07, 6.45) is 4.44. The number of aryl methyl sites for hydroxylation is 1. The van der Waals surface area contributed by atoms with E-state index in [1.165, 1.54) is 5.56 Å². The van der Waals surface area contributed by atoms with Crippen molar-refractivity contribution in [2.75, 3.05) is 11.9 Å². The fraction of sp³-hybridized carbons (Fsp3) is 0.273. The minimum atomic E-state index is 0.868. The Morgan fingerprint density at radius 2 is 2.40 bits per heavy atom. The number of nitrogens with zero attached hydrogens (tertiary/aromatic N) is 2. The zero-order chi connectivity index (χ0) is 10.7. The molecule has 0 fully saturated rings. The summed E-state index contributed by atoms with van der Waals surface area (Å²) in [5.74, 6) is 0.931. The topological polar surface area (TPSA) is 37.8 Å². The lowest BCUT2D eigenvalue weighted by molar-refractivity contribution is 1.05. The first-order chi connectivity index (χ1) is 7.33. The maximum atomic E-state index is 4.27. The van der Waals surface area contributed by atoms with Crippen molar-refractivity contribution in [2.24, 2.45) is 0 Å². The van der Waals surface area contributed by atoms with Gasteiger partial charge in [-0.3, -0.25) is 0 Å². The van der Waals surface area contributed by atoms with Gasteiger partial charge in [0.2, 0.25) is 0 Å². The lowest BCUT2D eigenvalue weighted by Gasteiger charge is -2.03. The van der Waals surface area contributed by atoms with Gasteiger partial charge in [-0.2, -0.15) is 0 Å². The van der Waals surface area contributed by atoms with Gasteiger partial charge in [-0.05, 0) is 24.3 Å². The van der Waals surface area contributed by atoms with Crippen LogP contribution in [0.15, 0.2) is 24.4 Å². The average Bonchev–Trinajstić information content (AvgIpc) is 2.62. The highest BCUT2D eigenvalue weighted by Gasteiger charge is 2.06. The van der Waals surface area contributed by atoms with E-state index in [-0.39, 0.29) is 0 Å². The Morgan fingerprint density at radius 3 is 3.20 bits per heavy atom. The molecule has 0 saturated heterocycles. The molecule has 0 aromatic carbocycles. The van der Waals surface area contributed by atoms with Crippen LogP contribution in [0.25, 0.3) is 10.2 Å². The monoisotopic (exact) mass is 219 g/mol. The number of aromatic nitrogens is 2. The van der Waals surface area contributed by atoms with E-state index >= 15 is 0 Å². The van der Waals surface area contributed by atoms with Crippen LogP contribution in [0.4, 0.5) is 5.82 Å². The van der Waals surface area contributed by atoms with Gasteiger partial charge in [0.1, 0.15) is 12.1 Å². The first kappa shape index (κ1) is 10.1. The smallest absolute Gasteiger partial charge is 0.147 e. The Bertz CT molecular complexity index is 476. The van der Waals surface area contributed by atoms with E-state index in [2.05, 4.69) is 34.2 Å². The predicted octanol–water partition coefficient (Wildman–Crippen LogP) is 2.99. The first-order valence-corrected chi connectivity index (χ1v) is 5.74. The molecule has 4 heteroatoms. The molecule has 0 spiro atoms. The van der Waals surface area contributed by atoms with Crippen molar-refractivity contribution >= 4 is 27.4 Å². The van der Waals surface area contributed by atoms with E-state index in [0.29, 0.717) is 0 Å². The van der Waals surface area contributed by atoms with Crippen LogP contribution < -0.4 is 5.32 Å². The Kier molecular flexibility index (Phi) is 2.97. The number of rotatable bonds is 4. The molecule has 0 aliphatic carbocycles. The summed E-state index contributed by atoms with van der Waals surface area (Å²) < 4.78 is 1.14. The molecule has 2 heterocycles. The van der Waals surface area contributed by atoms with Gasteiger partial charge in [-0.25, -0.2) is 9.97 Å². The van der Waals surface area contributed by atoms with Crippen LogP contribution in [0, 0.1) is 6.92 Å². The molecule has 2 rings (SSSR count). The van der Waals surface area contributed by atoms with Crippen LogP contribution in [0.3, 0.4) is 0 Å². The Morgan fingerprint density at radius 1 is 1.53 bits per heavy atom. The molecule has 2 aromatic rings. The van der Waals surface area contributed by atoms with E-state index in [4.69, 9.17) is 0 Å². The zero-order valence-corrected chi connectivity index (χ0v) is 9.47. The van der Waals surface area contributed by atoms with E-state index in [1.54, 1.807) is 17.7 Å². The lowest BCUT2D eigenvalue weighted by Crippen LogP contribution is -2.02. The van der Waals surface area contributed by atoms with Crippen molar-refractivity contribution in [1.29, 1.82) is 0 Å². The van der Waals surface area contributed by atoms with Gasteiger partial charge in [0, 0.05) is 6.54 Å². The quantitative estimate of drug-likeness (QED) is 0.634. The molecule has 78 valence electrons. The Hall–Kier alpha value is -1.42.